The van der Waals surface area contributed by atoms with Gasteiger partial charge in [0, 0.05) is 18.3 Å². The second-order valence-corrected chi connectivity index (χ2v) is 3.53. The highest BCUT2D eigenvalue weighted by Gasteiger charge is 2.48. The molecule has 12 heavy (non-hydrogen) atoms. The van der Waals surface area contributed by atoms with Gasteiger partial charge in [-0.1, -0.05) is 0 Å². The zero-order valence-electron chi connectivity index (χ0n) is 6.77. The molecule has 0 spiro atoms. The van der Waals surface area contributed by atoms with Gasteiger partial charge < -0.3 is 9.53 Å². The number of ether oxygens (including phenoxy) is 1. The van der Waals surface area contributed by atoms with E-state index in [1.54, 1.807) is 0 Å². The first kappa shape index (κ1) is 7.75. The fourth-order valence-corrected chi connectivity index (χ4v) is 2.37. The van der Waals surface area contributed by atoms with E-state index in [1.807, 2.05) is 0 Å². The van der Waals surface area contributed by atoms with Crippen molar-refractivity contribution in [1.29, 1.82) is 5.26 Å². The molecule has 2 bridgehead atoms. The summed E-state index contributed by atoms with van der Waals surface area (Å²) in [5, 5.41) is 8.55. The van der Waals surface area contributed by atoms with Crippen LogP contribution in [0, 0.1) is 23.2 Å². The van der Waals surface area contributed by atoms with Crippen LogP contribution in [-0.4, -0.2) is 18.5 Å². The Bertz CT molecular complexity index is 233. The molecule has 3 nitrogen and oxygen atoms in total. The molecule has 0 saturated carbocycles. The van der Waals surface area contributed by atoms with Gasteiger partial charge in [0.25, 0.3) is 0 Å². The highest BCUT2D eigenvalue weighted by atomic mass is 16.5. The van der Waals surface area contributed by atoms with Gasteiger partial charge in [-0.2, -0.15) is 5.26 Å². The van der Waals surface area contributed by atoms with E-state index in [4.69, 9.17) is 10.00 Å². The number of hydrogen-bond donors (Lipinski definition) is 0. The summed E-state index contributed by atoms with van der Waals surface area (Å²) in [6.07, 6.45) is 3.75. The molecule has 0 aromatic heterocycles. The third-order valence-corrected chi connectivity index (χ3v) is 2.97. The number of carbonyl (C=O) groups is 1. The minimum absolute atomic E-state index is 0.0107. The van der Waals surface area contributed by atoms with Crippen LogP contribution in [0.3, 0.4) is 0 Å². The lowest BCUT2D eigenvalue weighted by Crippen LogP contribution is -2.27. The van der Waals surface area contributed by atoms with Crippen LogP contribution in [0.4, 0.5) is 0 Å². The predicted octanol–water partition coefficient (Wildman–Crippen LogP) is 0.893. The number of nitriles is 1. The number of hydrogen-bond acceptors (Lipinski definition) is 3. The molecule has 0 aromatic carbocycles. The third-order valence-electron chi connectivity index (χ3n) is 2.97. The van der Waals surface area contributed by atoms with Crippen molar-refractivity contribution in [3.8, 4) is 6.07 Å². The van der Waals surface area contributed by atoms with Crippen molar-refractivity contribution in [2.45, 2.75) is 31.5 Å². The summed E-state index contributed by atoms with van der Waals surface area (Å²) in [6.45, 7) is 0. The van der Waals surface area contributed by atoms with E-state index < -0.39 is 0 Å². The Hall–Kier alpha value is -0.880. The quantitative estimate of drug-likeness (QED) is 0.571. The van der Waals surface area contributed by atoms with Crippen molar-refractivity contribution in [2.75, 3.05) is 0 Å². The number of rotatable bonds is 2. The van der Waals surface area contributed by atoms with Crippen molar-refractivity contribution < 1.29 is 9.53 Å². The predicted molar refractivity (Wildman–Crippen MR) is 41.2 cm³/mol. The lowest BCUT2D eigenvalue weighted by molar-refractivity contribution is -0.113. The molecule has 2 aliphatic rings. The summed E-state index contributed by atoms with van der Waals surface area (Å²) in [4.78, 5) is 10.7. The zero-order valence-corrected chi connectivity index (χ0v) is 6.77. The molecule has 2 aliphatic heterocycles. The highest BCUT2D eigenvalue weighted by molar-refractivity contribution is 5.56. The molecular weight excluding hydrogens is 154 g/mol. The van der Waals surface area contributed by atoms with E-state index in [-0.39, 0.29) is 24.0 Å². The molecule has 64 valence electrons. The molecule has 0 amide bonds. The number of nitrogens with zero attached hydrogens (tertiary/aromatic N) is 1. The standard InChI is InChI=1S/C9H11NO2/c10-4-3-6-7(5-11)9-2-1-8(6)12-9/h5-9H,1-3H2/t6-,7-,8+,9-/m0/s1. The molecule has 2 rings (SSSR count). The fraction of sp³-hybridized carbons (Fsp3) is 0.778. The average Bonchev–Trinajstić information content (AvgIpc) is 2.64. The molecular formula is C9H11NO2. The maximum absolute atomic E-state index is 10.7. The molecule has 0 aliphatic carbocycles. The SMILES string of the molecule is N#CC[C@H]1[C@H](C=O)[C@@H]2CC[C@H]1O2. The number of aldehydes is 1. The van der Waals surface area contributed by atoms with Crippen LogP contribution in [0.1, 0.15) is 19.3 Å². The first-order chi connectivity index (χ1) is 5.86. The van der Waals surface area contributed by atoms with Gasteiger partial charge in [0.2, 0.25) is 0 Å². The molecule has 0 unspecified atom stereocenters. The van der Waals surface area contributed by atoms with E-state index in [9.17, 15) is 4.79 Å². The van der Waals surface area contributed by atoms with Crippen molar-refractivity contribution in [3.05, 3.63) is 0 Å². The van der Waals surface area contributed by atoms with E-state index in [1.165, 1.54) is 0 Å². The van der Waals surface area contributed by atoms with E-state index in [2.05, 4.69) is 6.07 Å². The van der Waals surface area contributed by atoms with Gasteiger partial charge in [-0.05, 0) is 12.8 Å². The smallest absolute Gasteiger partial charge is 0.126 e. The zero-order chi connectivity index (χ0) is 8.55. The van der Waals surface area contributed by atoms with Gasteiger partial charge in [0.15, 0.2) is 0 Å². The van der Waals surface area contributed by atoms with Gasteiger partial charge in [0.05, 0.1) is 18.3 Å². The summed E-state index contributed by atoms with van der Waals surface area (Å²) < 4.78 is 5.56. The van der Waals surface area contributed by atoms with Crippen LogP contribution in [-0.2, 0) is 9.53 Å². The third kappa shape index (κ3) is 0.953. The van der Waals surface area contributed by atoms with Gasteiger partial charge in [0.1, 0.15) is 6.29 Å². The topological polar surface area (TPSA) is 50.1 Å². The van der Waals surface area contributed by atoms with Gasteiger partial charge in [-0.25, -0.2) is 0 Å². The monoisotopic (exact) mass is 165 g/mol. The first-order valence-corrected chi connectivity index (χ1v) is 4.34. The lowest BCUT2D eigenvalue weighted by Gasteiger charge is -2.20. The number of carbonyl (C=O) groups excluding carboxylic acids is 1. The molecule has 2 heterocycles. The second kappa shape index (κ2) is 2.87. The summed E-state index contributed by atoms with van der Waals surface area (Å²) in [6, 6.07) is 2.12. The van der Waals surface area contributed by atoms with Crippen molar-refractivity contribution in [3.63, 3.8) is 0 Å². The van der Waals surface area contributed by atoms with Crippen LogP contribution in [0.15, 0.2) is 0 Å². The van der Waals surface area contributed by atoms with Crippen LogP contribution < -0.4 is 0 Å². The Kier molecular flexibility index (Phi) is 1.86. The molecule has 0 N–H and O–H groups in total. The van der Waals surface area contributed by atoms with E-state index >= 15 is 0 Å². The normalized spacial score (nSPS) is 44.2. The molecule has 0 aromatic rings. The summed E-state index contributed by atoms with van der Waals surface area (Å²) in [7, 11) is 0. The van der Waals surface area contributed by atoms with Gasteiger partial charge >= 0.3 is 0 Å². The molecule has 0 radical (unpaired) electrons. The molecule has 2 saturated heterocycles. The van der Waals surface area contributed by atoms with Crippen LogP contribution >= 0.6 is 0 Å². The highest BCUT2D eigenvalue weighted by Crippen LogP contribution is 2.43. The Morgan fingerprint density at radius 2 is 2.25 bits per heavy atom. The minimum Gasteiger partial charge on any atom is -0.374 e. The fourth-order valence-electron chi connectivity index (χ4n) is 2.37. The van der Waals surface area contributed by atoms with Crippen molar-refractivity contribution >= 4 is 6.29 Å². The summed E-state index contributed by atoms with van der Waals surface area (Å²) >= 11 is 0. The summed E-state index contributed by atoms with van der Waals surface area (Å²) in [5.74, 6) is 0.162. The summed E-state index contributed by atoms with van der Waals surface area (Å²) in [5.41, 5.74) is 0. The average molecular weight is 165 g/mol. The lowest BCUT2D eigenvalue weighted by atomic mass is 9.79. The van der Waals surface area contributed by atoms with Gasteiger partial charge in [-0.3, -0.25) is 0 Å². The van der Waals surface area contributed by atoms with Crippen LogP contribution in [0.2, 0.25) is 0 Å². The largest absolute Gasteiger partial charge is 0.374 e. The Morgan fingerprint density at radius 1 is 1.50 bits per heavy atom. The Morgan fingerprint density at radius 3 is 2.92 bits per heavy atom. The van der Waals surface area contributed by atoms with Gasteiger partial charge in [-0.15, -0.1) is 0 Å². The Labute approximate surface area is 71.3 Å². The molecule has 4 atom stereocenters. The first-order valence-electron chi connectivity index (χ1n) is 4.34. The van der Waals surface area contributed by atoms with Crippen LogP contribution in [0.5, 0.6) is 0 Å². The maximum Gasteiger partial charge on any atom is 0.126 e. The Balaban J connectivity index is 2.12. The molecule has 3 heteroatoms. The van der Waals surface area contributed by atoms with E-state index in [0.29, 0.717) is 6.42 Å². The number of fused-ring (bicyclic) bond motifs is 2. The van der Waals surface area contributed by atoms with E-state index in [0.717, 1.165) is 19.1 Å². The van der Waals surface area contributed by atoms with Crippen LogP contribution in [0.25, 0.3) is 0 Å². The minimum atomic E-state index is -0.0107. The van der Waals surface area contributed by atoms with Crippen molar-refractivity contribution in [1.82, 2.24) is 0 Å². The second-order valence-electron chi connectivity index (χ2n) is 3.53. The van der Waals surface area contributed by atoms with Crippen molar-refractivity contribution in [2.24, 2.45) is 11.8 Å². The maximum atomic E-state index is 10.7. The molecule has 2 fully saturated rings.